The van der Waals surface area contributed by atoms with Crippen molar-refractivity contribution in [1.29, 1.82) is 0 Å². The smallest absolute Gasteiger partial charge is 0.0306 e. The van der Waals surface area contributed by atoms with Crippen LogP contribution in [0, 0.1) is 0 Å². The Morgan fingerprint density at radius 1 is 1.31 bits per heavy atom. The predicted octanol–water partition coefficient (Wildman–Crippen LogP) is 2.06. The van der Waals surface area contributed by atoms with E-state index in [-0.39, 0.29) is 5.54 Å². The van der Waals surface area contributed by atoms with Gasteiger partial charge in [0.1, 0.15) is 0 Å². The fourth-order valence-corrected chi connectivity index (χ4v) is 1.82. The molecule has 0 unspecified atom stereocenters. The van der Waals surface area contributed by atoms with E-state index in [2.05, 4.69) is 25.7 Å². The summed E-state index contributed by atoms with van der Waals surface area (Å²) in [6, 6.07) is 0. The summed E-state index contributed by atoms with van der Waals surface area (Å²) in [5.74, 6) is 0. The molecule has 3 N–H and O–H groups in total. The second kappa shape index (κ2) is 7.10. The Morgan fingerprint density at radius 3 is 2.15 bits per heavy atom. The van der Waals surface area contributed by atoms with Crippen molar-refractivity contribution in [1.82, 2.24) is 5.32 Å². The lowest BCUT2D eigenvalue weighted by Crippen LogP contribution is -2.51. The average Bonchev–Trinajstić information content (AvgIpc) is 2.15. The molecule has 0 fully saturated rings. The van der Waals surface area contributed by atoms with Crippen LogP contribution in [0.25, 0.3) is 0 Å². The minimum absolute atomic E-state index is 0.150. The van der Waals surface area contributed by atoms with Gasteiger partial charge in [-0.15, -0.1) is 6.58 Å². The van der Waals surface area contributed by atoms with E-state index >= 15 is 0 Å². The molecule has 0 aromatic carbocycles. The molecule has 2 heteroatoms. The first-order valence-electron chi connectivity index (χ1n) is 5.30. The number of hydrogen-bond donors (Lipinski definition) is 2. The number of nitrogens with two attached hydrogens (primary N) is 1. The van der Waals surface area contributed by atoms with Crippen molar-refractivity contribution in [2.45, 2.75) is 45.1 Å². The highest BCUT2D eigenvalue weighted by Crippen LogP contribution is 2.17. The maximum Gasteiger partial charge on any atom is 0.0306 e. The van der Waals surface area contributed by atoms with Crippen LogP contribution in [0.4, 0.5) is 0 Å². The summed E-state index contributed by atoms with van der Waals surface area (Å²) in [7, 11) is 0. The van der Waals surface area contributed by atoms with Crippen molar-refractivity contribution in [2.75, 3.05) is 13.1 Å². The topological polar surface area (TPSA) is 38.0 Å². The molecule has 0 aromatic heterocycles. The minimum Gasteiger partial charge on any atom is -0.329 e. The lowest BCUT2D eigenvalue weighted by molar-refractivity contribution is 0.294. The van der Waals surface area contributed by atoms with Crippen molar-refractivity contribution in [3.05, 3.63) is 12.7 Å². The van der Waals surface area contributed by atoms with Crippen molar-refractivity contribution in [3.8, 4) is 0 Å². The highest BCUT2D eigenvalue weighted by Gasteiger charge is 2.24. The van der Waals surface area contributed by atoms with Crippen LogP contribution in [0.1, 0.15) is 39.5 Å². The first kappa shape index (κ1) is 12.7. The summed E-state index contributed by atoms with van der Waals surface area (Å²) >= 11 is 0. The molecular weight excluding hydrogens is 160 g/mol. The molecule has 0 bridgehead atoms. The van der Waals surface area contributed by atoms with E-state index in [9.17, 15) is 0 Å². The lowest BCUT2D eigenvalue weighted by atomic mass is 9.88. The van der Waals surface area contributed by atoms with Gasteiger partial charge in [0.2, 0.25) is 0 Å². The van der Waals surface area contributed by atoms with Crippen LogP contribution in [0.15, 0.2) is 12.7 Å². The number of hydrogen-bond acceptors (Lipinski definition) is 2. The van der Waals surface area contributed by atoms with Crippen LogP contribution in [-0.2, 0) is 0 Å². The number of nitrogens with one attached hydrogen (secondary N) is 1. The van der Waals surface area contributed by atoms with Gasteiger partial charge in [0, 0.05) is 18.6 Å². The molecular formula is C11H24N2. The van der Waals surface area contributed by atoms with E-state index in [1.54, 1.807) is 0 Å². The van der Waals surface area contributed by atoms with E-state index in [1.165, 1.54) is 12.8 Å². The molecule has 0 aromatic rings. The molecule has 0 spiro atoms. The third-order valence-corrected chi connectivity index (χ3v) is 2.47. The largest absolute Gasteiger partial charge is 0.329 e. The molecule has 0 saturated carbocycles. The first-order chi connectivity index (χ1) is 6.24. The molecule has 78 valence electrons. The van der Waals surface area contributed by atoms with Gasteiger partial charge < -0.3 is 11.1 Å². The Hall–Kier alpha value is -0.340. The Morgan fingerprint density at radius 2 is 1.85 bits per heavy atom. The summed E-state index contributed by atoms with van der Waals surface area (Å²) in [5.41, 5.74) is 5.97. The molecule has 0 radical (unpaired) electrons. The standard InChI is InChI=1S/C11H24N2/c1-4-7-11(10-12,8-5-2)13-9-6-3/h6,13H,3-5,7-10,12H2,1-2H3. The molecule has 0 amide bonds. The van der Waals surface area contributed by atoms with Gasteiger partial charge in [0.25, 0.3) is 0 Å². The van der Waals surface area contributed by atoms with Crippen LogP contribution in [0.2, 0.25) is 0 Å². The van der Waals surface area contributed by atoms with E-state index < -0.39 is 0 Å². The third-order valence-electron chi connectivity index (χ3n) is 2.47. The predicted molar refractivity (Wildman–Crippen MR) is 59.8 cm³/mol. The lowest BCUT2D eigenvalue weighted by Gasteiger charge is -2.33. The van der Waals surface area contributed by atoms with Crippen molar-refractivity contribution >= 4 is 0 Å². The Balaban J connectivity index is 4.15. The summed E-state index contributed by atoms with van der Waals surface area (Å²) < 4.78 is 0. The molecule has 0 heterocycles. The fraction of sp³-hybridized carbons (Fsp3) is 0.818. The van der Waals surface area contributed by atoms with E-state index in [0.29, 0.717) is 0 Å². The summed E-state index contributed by atoms with van der Waals surface area (Å²) in [6.45, 7) is 9.71. The SMILES string of the molecule is C=CCNC(CN)(CCC)CCC. The van der Waals surface area contributed by atoms with Crippen LogP contribution in [-0.4, -0.2) is 18.6 Å². The molecule has 2 nitrogen and oxygen atoms in total. The molecule has 0 saturated heterocycles. The van der Waals surface area contributed by atoms with E-state index in [1.807, 2.05) is 6.08 Å². The van der Waals surface area contributed by atoms with Gasteiger partial charge in [0.15, 0.2) is 0 Å². The molecule has 0 atom stereocenters. The zero-order valence-electron chi connectivity index (χ0n) is 9.10. The Kier molecular flexibility index (Phi) is 6.92. The second-order valence-corrected chi connectivity index (χ2v) is 3.65. The van der Waals surface area contributed by atoms with Crippen LogP contribution < -0.4 is 11.1 Å². The van der Waals surface area contributed by atoms with E-state index in [4.69, 9.17) is 5.73 Å². The minimum atomic E-state index is 0.150. The zero-order valence-corrected chi connectivity index (χ0v) is 9.10. The monoisotopic (exact) mass is 184 g/mol. The van der Waals surface area contributed by atoms with Crippen LogP contribution in [0.3, 0.4) is 0 Å². The van der Waals surface area contributed by atoms with Gasteiger partial charge in [-0.2, -0.15) is 0 Å². The van der Waals surface area contributed by atoms with Crippen molar-refractivity contribution in [3.63, 3.8) is 0 Å². The number of rotatable bonds is 8. The Labute approximate surface area is 82.6 Å². The molecule has 0 aliphatic heterocycles. The highest BCUT2D eigenvalue weighted by atomic mass is 15.0. The fourth-order valence-electron chi connectivity index (χ4n) is 1.82. The maximum absolute atomic E-state index is 5.82. The van der Waals surface area contributed by atoms with Crippen LogP contribution >= 0.6 is 0 Å². The second-order valence-electron chi connectivity index (χ2n) is 3.65. The average molecular weight is 184 g/mol. The summed E-state index contributed by atoms with van der Waals surface area (Å²) in [5, 5.41) is 3.49. The molecule has 13 heavy (non-hydrogen) atoms. The molecule has 0 aliphatic carbocycles. The Bertz CT molecular complexity index is 126. The van der Waals surface area contributed by atoms with Gasteiger partial charge in [-0.1, -0.05) is 32.8 Å². The maximum atomic E-state index is 5.82. The highest BCUT2D eigenvalue weighted by molar-refractivity contribution is 4.90. The van der Waals surface area contributed by atoms with Gasteiger partial charge in [-0.25, -0.2) is 0 Å². The summed E-state index contributed by atoms with van der Waals surface area (Å²) in [6.07, 6.45) is 6.58. The molecule has 0 aliphatic rings. The third kappa shape index (κ3) is 4.44. The van der Waals surface area contributed by atoms with Gasteiger partial charge in [-0.05, 0) is 12.8 Å². The summed E-state index contributed by atoms with van der Waals surface area (Å²) in [4.78, 5) is 0. The van der Waals surface area contributed by atoms with Crippen molar-refractivity contribution in [2.24, 2.45) is 5.73 Å². The normalized spacial score (nSPS) is 11.6. The van der Waals surface area contributed by atoms with Gasteiger partial charge in [0.05, 0.1) is 0 Å². The molecule has 0 rings (SSSR count). The van der Waals surface area contributed by atoms with Gasteiger partial charge >= 0.3 is 0 Å². The van der Waals surface area contributed by atoms with Gasteiger partial charge in [-0.3, -0.25) is 0 Å². The van der Waals surface area contributed by atoms with Crippen LogP contribution in [0.5, 0.6) is 0 Å². The van der Waals surface area contributed by atoms with E-state index in [0.717, 1.165) is 25.9 Å². The quantitative estimate of drug-likeness (QED) is 0.567. The van der Waals surface area contributed by atoms with Crippen molar-refractivity contribution < 1.29 is 0 Å². The zero-order chi connectivity index (χ0) is 10.2. The first-order valence-corrected chi connectivity index (χ1v) is 5.30.